The van der Waals surface area contributed by atoms with Gasteiger partial charge in [-0.3, -0.25) is 4.79 Å². The molecule has 1 aliphatic heterocycles. The smallest absolute Gasteiger partial charge is 0.372 e. The number of hydrogen-bond acceptors (Lipinski definition) is 3. The van der Waals surface area contributed by atoms with Gasteiger partial charge < -0.3 is 15.0 Å². The van der Waals surface area contributed by atoms with Crippen LogP contribution in [0.4, 0.5) is 13.2 Å². The Morgan fingerprint density at radius 3 is 2.83 bits per heavy atom. The second-order valence-corrected chi connectivity index (χ2v) is 4.36. The highest BCUT2D eigenvalue weighted by Gasteiger charge is 2.29. The van der Waals surface area contributed by atoms with Gasteiger partial charge in [-0.25, -0.2) is 0 Å². The molecule has 0 aliphatic carbocycles. The van der Waals surface area contributed by atoms with Crippen molar-refractivity contribution in [1.29, 1.82) is 0 Å². The van der Waals surface area contributed by atoms with Crippen LogP contribution in [0.2, 0.25) is 0 Å². The van der Waals surface area contributed by atoms with Crippen LogP contribution in [-0.2, 0) is 9.53 Å². The lowest BCUT2D eigenvalue weighted by atomic mass is 10.2. The number of carbonyl (C=O) groups is 1. The van der Waals surface area contributed by atoms with Crippen LogP contribution in [0.15, 0.2) is 0 Å². The highest BCUT2D eigenvalue weighted by atomic mass is 19.4. The third kappa shape index (κ3) is 5.22. The van der Waals surface area contributed by atoms with E-state index in [0.29, 0.717) is 6.54 Å². The molecule has 1 fully saturated rings. The number of rotatable bonds is 6. The molecule has 1 aliphatic rings. The van der Waals surface area contributed by atoms with E-state index in [4.69, 9.17) is 0 Å². The molecule has 0 aromatic carbocycles. The van der Waals surface area contributed by atoms with Gasteiger partial charge in [0, 0.05) is 19.1 Å². The lowest BCUT2D eigenvalue weighted by Gasteiger charge is -2.24. The Morgan fingerprint density at radius 1 is 1.50 bits per heavy atom. The molecule has 1 rings (SSSR count). The number of ether oxygens (including phenoxy) is 1. The molecule has 1 N–H and O–H groups in total. The molecule has 1 atom stereocenters. The van der Waals surface area contributed by atoms with E-state index in [1.54, 1.807) is 4.90 Å². The summed E-state index contributed by atoms with van der Waals surface area (Å²) in [5.41, 5.74) is 0. The van der Waals surface area contributed by atoms with Gasteiger partial charge in [0.05, 0.1) is 13.0 Å². The fraction of sp³-hybridized carbons (Fsp3) is 0.909. The minimum absolute atomic E-state index is 0.0102. The van der Waals surface area contributed by atoms with E-state index in [1.807, 2.05) is 7.05 Å². The molecule has 7 heteroatoms. The van der Waals surface area contributed by atoms with Crippen molar-refractivity contribution < 1.29 is 22.7 Å². The Balaban J connectivity index is 2.23. The Labute approximate surface area is 104 Å². The molecule has 18 heavy (non-hydrogen) atoms. The zero-order chi connectivity index (χ0) is 13.6. The lowest BCUT2D eigenvalue weighted by molar-refractivity contribution is -0.175. The van der Waals surface area contributed by atoms with E-state index in [9.17, 15) is 18.0 Å². The molecular weight excluding hydrogens is 249 g/mol. The molecular formula is C11H19F3N2O2. The van der Waals surface area contributed by atoms with Crippen molar-refractivity contribution in [3.05, 3.63) is 0 Å². The third-order valence-electron chi connectivity index (χ3n) is 2.86. The maximum atomic E-state index is 11.8. The number of hydrogen-bond donors (Lipinski definition) is 1. The highest BCUT2D eigenvalue weighted by molar-refractivity contribution is 5.76. The number of nitrogens with one attached hydrogen (secondary N) is 1. The highest BCUT2D eigenvalue weighted by Crippen LogP contribution is 2.18. The minimum Gasteiger partial charge on any atom is -0.372 e. The summed E-state index contributed by atoms with van der Waals surface area (Å²) >= 11 is 0. The first-order valence-electron chi connectivity index (χ1n) is 6.02. The number of alkyl halides is 3. The van der Waals surface area contributed by atoms with Gasteiger partial charge in [-0.1, -0.05) is 0 Å². The quantitative estimate of drug-likeness (QED) is 0.735. The topological polar surface area (TPSA) is 41.6 Å². The normalized spacial score (nSPS) is 20.4. The summed E-state index contributed by atoms with van der Waals surface area (Å²) < 4.78 is 39.9. The van der Waals surface area contributed by atoms with Crippen LogP contribution >= 0.6 is 0 Å². The summed E-state index contributed by atoms with van der Waals surface area (Å²) in [6.45, 7) is -0.0685. The fourth-order valence-corrected chi connectivity index (χ4v) is 2.10. The van der Waals surface area contributed by atoms with Gasteiger partial charge in [-0.15, -0.1) is 0 Å². The number of halogens is 3. The van der Waals surface area contributed by atoms with Crippen LogP contribution in [0.1, 0.15) is 19.3 Å². The monoisotopic (exact) mass is 268 g/mol. The molecule has 0 bridgehead atoms. The summed E-state index contributed by atoms with van der Waals surface area (Å²) in [6.07, 6.45) is -2.43. The predicted octanol–water partition coefficient (Wildman–Crippen LogP) is 1.17. The molecule has 1 heterocycles. The van der Waals surface area contributed by atoms with Crippen LogP contribution in [-0.4, -0.2) is 56.4 Å². The van der Waals surface area contributed by atoms with Gasteiger partial charge in [-0.05, 0) is 19.9 Å². The van der Waals surface area contributed by atoms with E-state index in [0.717, 1.165) is 19.4 Å². The van der Waals surface area contributed by atoms with Crippen LogP contribution in [0, 0.1) is 0 Å². The van der Waals surface area contributed by atoms with Crippen molar-refractivity contribution in [2.45, 2.75) is 31.5 Å². The van der Waals surface area contributed by atoms with E-state index in [1.165, 1.54) is 0 Å². The van der Waals surface area contributed by atoms with Crippen molar-refractivity contribution in [3.8, 4) is 0 Å². The second-order valence-electron chi connectivity index (χ2n) is 4.36. The van der Waals surface area contributed by atoms with Crippen LogP contribution in [0.3, 0.4) is 0 Å². The molecule has 0 radical (unpaired) electrons. The van der Waals surface area contributed by atoms with Crippen molar-refractivity contribution in [2.24, 2.45) is 0 Å². The number of carbonyl (C=O) groups excluding carboxylic acids is 1. The van der Waals surface area contributed by atoms with Crippen molar-refractivity contribution in [1.82, 2.24) is 10.2 Å². The molecule has 106 valence electrons. The summed E-state index contributed by atoms with van der Waals surface area (Å²) in [4.78, 5) is 13.5. The molecule has 0 saturated carbocycles. The van der Waals surface area contributed by atoms with E-state index >= 15 is 0 Å². The van der Waals surface area contributed by atoms with E-state index in [2.05, 4.69) is 10.1 Å². The Hall–Kier alpha value is -0.820. The first-order chi connectivity index (χ1) is 8.44. The number of likely N-dealkylation sites (tertiary alicyclic amines) is 1. The molecule has 0 spiro atoms. The molecule has 1 unspecified atom stereocenters. The zero-order valence-electron chi connectivity index (χ0n) is 10.4. The molecule has 1 amide bonds. The average molecular weight is 268 g/mol. The summed E-state index contributed by atoms with van der Waals surface area (Å²) in [5.74, 6) is -0.130. The molecule has 1 saturated heterocycles. The summed E-state index contributed by atoms with van der Waals surface area (Å²) in [7, 11) is 1.81. The molecule has 0 aromatic heterocycles. The minimum atomic E-state index is -4.33. The fourth-order valence-electron chi connectivity index (χ4n) is 2.10. The van der Waals surface area contributed by atoms with Crippen molar-refractivity contribution in [3.63, 3.8) is 0 Å². The van der Waals surface area contributed by atoms with Crippen molar-refractivity contribution >= 4 is 5.91 Å². The Kier molecular flexibility index (Phi) is 5.87. The first kappa shape index (κ1) is 15.2. The summed E-state index contributed by atoms with van der Waals surface area (Å²) in [6, 6.07) is 0.158. The van der Waals surface area contributed by atoms with Gasteiger partial charge in [0.1, 0.15) is 6.61 Å². The number of nitrogens with zero attached hydrogens (tertiary/aromatic N) is 1. The van der Waals surface area contributed by atoms with Gasteiger partial charge in [0.2, 0.25) is 5.91 Å². The van der Waals surface area contributed by atoms with Crippen LogP contribution < -0.4 is 5.32 Å². The van der Waals surface area contributed by atoms with Gasteiger partial charge in [0.25, 0.3) is 0 Å². The number of likely N-dealkylation sites (N-methyl/N-ethyl adjacent to an activating group) is 1. The van der Waals surface area contributed by atoms with Gasteiger partial charge >= 0.3 is 6.18 Å². The summed E-state index contributed by atoms with van der Waals surface area (Å²) in [5, 5.41) is 3.01. The maximum Gasteiger partial charge on any atom is 0.411 e. The lowest BCUT2D eigenvalue weighted by Crippen LogP contribution is -2.41. The average Bonchev–Trinajstić information content (AvgIpc) is 2.71. The van der Waals surface area contributed by atoms with Gasteiger partial charge in [0.15, 0.2) is 0 Å². The molecule has 4 nitrogen and oxygen atoms in total. The van der Waals surface area contributed by atoms with Gasteiger partial charge in [-0.2, -0.15) is 13.2 Å². The second kappa shape index (κ2) is 6.94. The van der Waals surface area contributed by atoms with E-state index < -0.39 is 12.8 Å². The van der Waals surface area contributed by atoms with E-state index in [-0.39, 0.29) is 25.0 Å². The predicted molar refractivity (Wildman–Crippen MR) is 60.2 cm³/mol. The van der Waals surface area contributed by atoms with Crippen LogP contribution in [0.5, 0.6) is 0 Å². The number of amides is 1. The SMILES string of the molecule is CNCC1CCCN1C(=O)CCOCC(F)(F)F. The largest absolute Gasteiger partial charge is 0.411 e. The first-order valence-corrected chi connectivity index (χ1v) is 6.02. The zero-order valence-corrected chi connectivity index (χ0v) is 10.4. The third-order valence-corrected chi connectivity index (χ3v) is 2.86. The molecule has 0 aromatic rings. The Bertz CT molecular complexity index is 272. The van der Waals surface area contributed by atoms with Crippen molar-refractivity contribution in [2.75, 3.05) is 33.4 Å². The maximum absolute atomic E-state index is 11.8. The standard InChI is InChI=1S/C11H19F3N2O2/c1-15-7-9-3-2-5-16(9)10(17)4-6-18-8-11(12,13)14/h9,15H,2-8H2,1H3. The Morgan fingerprint density at radius 2 is 2.22 bits per heavy atom. The van der Waals surface area contributed by atoms with Crippen LogP contribution in [0.25, 0.3) is 0 Å².